The SMILES string of the molecule is CCCCCCCCCCCC[N+](CCCCCCCCCCCC)(CCCCCCCCCCCC)CCCCCCCCCCCC.Fc1c(F)c(F)c([B-](c2c(F)c(F)c(F)c(F)c2F)(c2c(F)c(F)c(F)c(F)c2F)c2c(F)c(F)c(F)c(F)c2F)c(F)c1F. The smallest absolute Gasteiger partial charge is 0.200 e. The van der Waals surface area contributed by atoms with E-state index in [-0.39, 0.29) is 0 Å². The maximum atomic E-state index is 15.4. The Kier molecular flexibility index (Phi) is 39.6. The van der Waals surface area contributed by atoms with Crippen LogP contribution < -0.4 is 21.9 Å². The number of benzene rings is 4. The van der Waals surface area contributed by atoms with E-state index in [9.17, 15) is 52.7 Å². The zero-order valence-electron chi connectivity index (χ0n) is 55.7. The molecule has 4 aromatic carbocycles. The van der Waals surface area contributed by atoms with Crippen LogP contribution in [0.25, 0.3) is 0 Å². The van der Waals surface area contributed by atoms with Crippen molar-refractivity contribution < 1.29 is 92.3 Å². The van der Waals surface area contributed by atoms with E-state index in [2.05, 4.69) is 27.7 Å². The van der Waals surface area contributed by atoms with E-state index in [4.69, 9.17) is 0 Å². The fourth-order valence-corrected chi connectivity index (χ4v) is 13.3. The van der Waals surface area contributed by atoms with Gasteiger partial charge < -0.3 is 4.48 Å². The van der Waals surface area contributed by atoms with Gasteiger partial charge in [-0.1, -0.05) is 233 Å². The molecule has 536 valence electrons. The molecule has 0 spiro atoms. The summed E-state index contributed by atoms with van der Waals surface area (Å²) in [6, 6.07) is 0. The summed E-state index contributed by atoms with van der Waals surface area (Å²) in [5.74, 6) is -71.4. The van der Waals surface area contributed by atoms with Crippen LogP contribution in [-0.4, -0.2) is 36.8 Å². The van der Waals surface area contributed by atoms with Crippen LogP contribution in [0.4, 0.5) is 87.8 Å². The van der Waals surface area contributed by atoms with E-state index in [1.54, 1.807) is 0 Å². The molecule has 0 aliphatic heterocycles. The number of rotatable bonds is 48. The summed E-state index contributed by atoms with van der Waals surface area (Å²) in [6.45, 7) is 15.3. The summed E-state index contributed by atoms with van der Waals surface area (Å²) < 4.78 is 295. The molecule has 0 saturated carbocycles. The van der Waals surface area contributed by atoms with Crippen LogP contribution in [0.5, 0.6) is 0 Å². The van der Waals surface area contributed by atoms with E-state index in [0.29, 0.717) is 0 Å². The molecule has 0 aromatic heterocycles. The minimum atomic E-state index is -7.22. The lowest BCUT2D eigenvalue weighted by atomic mass is 9.12. The Hall–Kier alpha value is -4.50. The van der Waals surface area contributed by atoms with Gasteiger partial charge in [0.1, 0.15) is 52.7 Å². The third-order valence-corrected chi connectivity index (χ3v) is 18.7. The van der Waals surface area contributed by atoms with Gasteiger partial charge in [-0.2, -0.15) is 0 Å². The molecule has 0 bridgehead atoms. The second-order valence-corrected chi connectivity index (χ2v) is 25.8. The third-order valence-electron chi connectivity index (χ3n) is 18.7. The lowest BCUT2D eigenvalue weighted by molar-refractivity contribution is -0.929. The van der Waals surface area contributed by atoms with Gasteiger partial charge in [0.05, 0.1) is 26.2 Å². The molecule has 0 saturated heterocycles. The highest BCUT2D eigenvalue weighted by Gasteiger charge is 2.52. The minimum Gasteiger partial charge on any atom is -0.324 e. The Morgan fingerprint density at radius 1 is 0.160 bits per heavy atom. The van der Waals surface area contributed by atoms with Gasteiger partial charge >= 0.3 is 0 Å². The first-order chi connectivity index (χ1) is 44.9. The maximum absolute atomic E-state index is 15.4. The van der Waals surface area contributed by atoms with Crippen LogP contribution in [0.3, 0.4) is 0 Å². The van der Waals surface area contributed by atoms with Crippen LogP contribution in [0.1, 0.15) is 285 Å². The molecule has 94 heavy (non-hydrogen) atoms. The first-order valence-corrected chi connectivity index (χ1v) is 35.0. The number of nitrogens with zero attached hydrogens (tertiary/aromatic N) is 1. The predicted octanol–water partition coefficient (Wildman–Crippen LogP) is 23.3. The quantitative estimate of drug-likeness (QED) is 0.0103. The summed E-state index contributed by atoms with van der Waals surface area (Å²) in [7, 11) is 0. The Morgan fingerprint density at radius 2 is 0.266 bits per heavy atom. The monoisotopic (exact) mass is 1370 g/mol. The van der Waals surface area contributed by atoms with Crippen molar-refractivity contribution in [2.75, 3.05) is 26.2 Å². The van der Waals surface area contributed by atoms with E-state index >= 15 is 35.1 Å². The van der Waals surface area contributed by atoms with Crippen molar-refractivity contribution in [3.8, 4) is 0 Å². The zero-order valence-corrected chi connectivity index (χ0v) is 55.7. The summed E-state index contributed by atoms with van der Waals surface area (Å²) >= 11 is 0. The molecule has 0 fully saturated rings. The van der Waals surface area contributed by atoms with Gasteiger partial charge in [-0.05, 0) is 51.4 Å². The van der Waals surface area contributed by atoms with Gasteiger partial charge in [0.25, 0.3) is 0 Å². The fourth-order valence-electron chi connectivity index (χ4n) is 13.3. The van der Waals surface area contributed by atoms with E-state index in [1.807, 2.05) is 0 Å². The van der Waals surface area contributed by atoms with Gasteiger partial charge in [-0.25, -0.2) is 87.8 Å². The number of hydrogen-bond donors (Lipinski definition) is 0. The zero-order chi connectivity index (χ0) is 70.0. The Morgan fingerprint density at radius 3 is 0.394 bits per heavy atom. The van der Waals surface area contributed by atoms with Crippen LogP contribution in [0, 0.1) is 116 Å². The molecule has 0 aliphatic rings. The van der Waals surface area contributed by atoms with Gasteiger partial charge in [0.2, 0.25) is 0 Å². The van der Waals surface area contributed by atoms with Gasteiger partial charge in [-0.15, -0.1) is 21.9 Å². The van der Waals surface area contributed by atoms with Crippen molar-refractivity contribution in [3.05, 3.63) is 116 Å². The molecule has 0 N–H and O–H groups in total. The first kappa shape index (κ1) is 83.7. The molecule has 4 aromatic rings. The van der Waals surface area contributed by atoms with Gasteiger partial charge in [-0.3, -0.25) is 0 Å². The summed E-state index contributed by atoms with van der Waals surface area (Å²) in [5.41, 5.74) is -14.3. The van der Waals surface area contributed by atoms with Crippen molar-refractivity contribution in [1.29, 1.82) is 0 Å². The second-order valence-electron chi connectivity index (χ2n) is 25.8. The fraction of sp³-hybridized carbons (Fsp3) is 0.667. The minimum absolute atomic E-state index is 1.37. The number of quaternary nitrogens is 1. The second kappa shape index (κ2) is 44.4. The Balaban J connectivity index is 0.000000491. The van der Waals surface area contributed by atoms with Crippen LogP contribution in [-0.2, 0) is 0 Å². The third kappa shape index (κ3) is 23.3. The summed E-state index contributed by atoms with van der Waals surface area (Å²) in [5, 5.41) is 0. The molecule has 0 radical (unpaired) electrons. The number of hydrogen-bond acceptors (Lipinski definition) is 0. The molecule has 0 aliphatic carbocycles. The van der Waals surface area contributed by atoms with Crippen molar-refractivity contribution >= 4 is 28.0 Å². The summed E-state index contributed by atoms with van der Waals surface area (Å²) in [4.78, 5) is 0. The standard InChI is InChI=1S/C48H100N.C24BF20/c1-5-9-13-17-21-25-29-33-37-41-45-49(46-42-38-34-30-26-22-18-14-10-6-2,47-43-39-35-31-27-23-19-15-11-7-3)48-44-40-36-32-28-24-20-16-12-8-4;26-5-1(6(27)14(35)21(42)13(5)34)25(2-7(28)15(36)22(43)16(37)8(2)29,3-9(30)17(38)23(44)18(39)10(3)31)4-11(32)19(40)24(45)20(41)12(4)33/h5-48H2,1-4H3;/q+1;-1. The van der Waals surface area contributed by atoms with Crippen molar-refractivity contribution in [1.82, 2.24) is 0 Å². The predicted molar refractivity (Wildman–Crippen MR) is 336 cm³/mol. The van der Waals surface area contributed by atoms with Gasteiger partial charge in [0.15, 0.2) is 69.8 Å². The highest BCUT2D eigenvalue weighted by atomic mass is 19.2. The highest BCUT2D eigenvalue weighted by molar-refractivity contribution is 7.20. The normalized spacial score (nSPS) is 12.0. The molecule has 22 heteroatoms. The topological polar surface area (TPSA) is 0 Å². The van der Waals surface area contributed by atoms with Gasteiger partial charge in [0, 0.05) is 0 Å². The summed E-state index contributed by atoms with van der Waals surface area (Å²) in [6.07, 6.45) is 51.5. The van der Waals surface area contributed by atoms with Crippen molar-refractivity contribution in [2.45, 2.75) is 285 Å². The molecule has 1 nitrogen and oxygen atoms in total. The Bertz CT molecular complexity index is 2380. The first-order valence-electron chi connectivity index (χ1n) is 35.0. The lowest BCUT2D eigenvalue weighted by Crippen LogP contribution is -2.81. The van der Waals surface area contributed by atoms with Crippen LogP contribution in [0.2, 0.25) is 0 Å². The highest BCUT2D eigenvalue weighted by Crippen LogP contribution is 2.32. The van der Waals surface area contributed by atoms with E-state index < -0.39 is 144 Å². The van der Waals surface area contributed by atoms with E-state index in [0.717, 1.165) is 0 Å². The molecular weight excluding hydrogens is 1270 g/mol. The van der Waals surface area contributed by atoms with E-state index in [1.165, 1.54) is 287 Å². The largest absolute Gasteiger partial charge is 0.324 e. The van der Waals surface area contributed by atoms with Crippen LogP contribution in [0.15, 0.2) is 0 Å². The molecule has 4 rings (SSSR count). The average molecular weight is 1370 g/mol. The van der Waals surface area contributed by atoms with Crippen molar-refractivity contribution in [2.24, 2.45) is 0 Å². The molecule has 0 amide bonds. The molecule has 0 unspecified atom stereocenters. The lowest BCUT2D eigenvalue weighted by Gasteiger charge is -2.44. The molecular formula is C72H100BF20N. The maximum Gasteiger partial charge on any atom is 0.200 e. The average Bonchev–Trinajstić information content (AvgIpc) is 0.683. The molecule has 0 atom stereocenters. The molecule has 0 heterocycles. The number of halogens is 20. The Labute approximate surface area is 545 Å². The number of unbranched alkanes of at least 4 members (excludes halogenated alkanes) is 36. The van der Waals surface area contributed by atoms with Crippen LogP contribution >= 0.6 is 0 Å². The van der Waals surface area contributed by atoms with Crippen molar-refractivity contribution in [3.63, 3.8) is 0 Å².